The van der Waals surface area contributed by atoms with Crippen molar-refractivity contribution in [1.82, 2.24) is 0 Å². The zero-order valence-electron chi connectivity index (χ0n) is 22.3. The van der Waals surface area contributed by atoms with Crippen LogP contribution in [0, 0.1) is 5.41 Å². The fourth-order valence-electron chi connectivity index (χ4n) is 7.69. The summed E-state index contributed by atoms with van der Waals surface area (Å²) >= 11 is -0.981. The molecule has 4 bridgehead atoms. The van der Waals surface area contributed by atoms with Gasteiger partial charge in [0, 0.05) is 0 Å². The first-order chi connectivity index (χ1) is 18.6. The van der Waals surface area contributed by atoms with Crippen LogP contribution < -0.4 is 24.8 Å². The SMILES string of the molecule is CC1(C)C2=CC=C3C2=C[CH]([Zr+2][CH]2C=C4C(=CC=C41)c1c2ccc2ccccc12)c1ccc2ccccc2c13.[Cl-].[Cl-]. The molecule has 0 nitrogen and oxygen atoms in total. The topological polar surface area (TPSA) is 0 Å². The Morgan fingerprint density at radius 2 is 0.975 bits per heavy atom. The average molecular weight is 633 g/mol. The van der Waals surface area contributed by atoms with E-state index in [1.807, 2.05) is 0 Å². The molecule has 4 aromatic carbocycles. The standard InChI is InChI=1S/C37H26.2ClH.Zr/c1-37(2,33-21-19-31-29(33)17-15-25-13-11-23-7-3-5-9-27(23)35(25)31)34-22-20-32-30(34)18-16-26-14-12-24-8-4-6-10-28(24)36(26)32;;;/h3-22H,1-2H3;2*1H;/q;;;+2/p-2. The molecule has 0 fully saturated rings. The van der Waals surface area contributed by atoms with E-state index in [-0.39, 0.29) is 30.2 Å². The number of benzene rings is 4. The zero-order chi connectivity index (χ0) is 25.2. The summed E-state index contributed by atoms with van der Waals surface area (Å²) in [6.45, 7) is 4.89. The largest absolute Gasteiger partial charge is 1.00 e. The minimum absolute atomic E-state index is 0. The van der Waals surface area contributed by atoms with Crippen LogP contribution >= 0.6 is 0 Å². The summed E-state index contributed by atoms with van der Waals surface area (Å²) < 4.78 is 1.09. The molecule has 0 saturated carbocycles. The Balaban J connectivity index is 0.00000132. The molecule has 0 spiro atoms. The van der Waals surface area contributed by atoms with Gasteiger partial charge in [-0.3, -0.25) is 0 Å². The first-order valence-corrected chi connectivity index (χ1v) is 16.5. The summed E-state index contributed by atoms with van der Waals surface area (Å²) in [6.07, 6.45) is 15.1. The predicted molar refractivity (Wildman–Crippen MR) is 155 cm³/mol. The van der Waals surface area contributed by atoms with Gasteiger partial charge in [-0.15, -0.1) is 0 Å². The van der Waals surface area contributed by atoms with Crippen molar-refractivity contribution in [2.45, 2.75) is 21.1 Å². The Morgan fingerprint density at radius 1 is 0.525 bits per heavy atom. The van der Waals surface area contributed by atoms with Crippen molar-refractivity contribution in [3.05, 3.63) is 154 Å². The third kappa shape index (κ3) is 3.35. The number of hydrogen-bond donors (Lipinski definition) is 0. The molecule has 4 aliphatic carbocycles. The second-order valence-electron chi connectivity index (χ2n) is 11.7. The van der Waals surface area contributed by atoms with Crippen molar-refractivity contribution in [2.75, 3.05) is 0 Å². The van der Waals surface area contributed by atoms with Crippen molar-refractivity contribution in [3.8, 4) is 0 Å². The molecule has 0 saturated heterocycles. The Kier molecular flexibility index (Phi) is 6.00. The first kappa shape index (κ1) is 26.2. The normalized spacial score (nSPS) is 21.9. The molecule has 4 aromatic rings. The van der Waals surface area contributed by atoms with Gasteiger partial charge >= 0.3 is 236 Å². The smallest absolute Gasteiger partial charge is 1.00 e. The molecule has 1 aliphatic heterocycles. The van der Waals surface area contributed by atoms with Crippen LogP contribution in [-0.2, 0) is 23.2 Å². The van der Waals surface area contributed by atoms with Gasteiger partial charge in [0.15, 0.2) is 0 Å². The fourth-order valence-corrected chi connectivity index (χ4v) is 12.0. The van der Waals surface area contributed by atoms with E-state index in [1.165, 1.54) is 66.1 Å². The van der Waals surface area contributed by atoms with E-state index in [9.17, 15) is 0 Å². The van der Waals surface area contributed by atoms with E-state index in [4.69, 9.17) is 0 Å². The van der Waals surface area contributed by atoms with Gasteiger partial charge in [-0.2, -0.15) is 0 Å². The zero-order valence-corrected chi connectivity index (χ0v) is 26.3. The van der Waals surface area contributed by atoms with Crippen LogP contribution in [0.3, 0.4) is 0 Å². The maximum atomic E-state index is 2.69. The summed E-state index contributed by atoms with van der Waals surface area (Å²) in [4.78, 5) is 0. The average Bonchev–Trinajstić information content (AvgIpc) is 3.57. The molecule has 0 N–H and O–H groups in total. The Bertz CT molecular complexity index is 1840. The van der Waals surface area contributed by atoms with Crippen LogP contribution in [-0.4, -0.2) is 0 Å². The van der Waals surface area contributed by atoms with Crippen molar-refractivity contribution in [3.63, 3.8) is 0 Å². The molecule has 192 valence electrons. The summed E-state index contributed by atoms with van der Waals surface area (Å²) in [5.41, 5.74) is 14.9. The van der Waals surface area contributed by atoms with Crippen LogP contribution in [0.1, 0.15) is 43.4 Å². The summed E-state index contributed by atoms with van der Waals surface area (Å²) in [5.74, 6) is 0. The van der Waals surface area contributed by atoms with Crippen LogP contribution in [0.2, 0.25) is 0 Å². The molecule has 0 aromatic heterocycles. The van der Waals surface area contributed by atoms with E-state index < -0.39 is 23.2 Å². The van der Waals surface area contributed by atoms with Crippen LogP contribution in [0.4, 0.5) is 0 Å². The summed E-state index contributed by atoms with van der Waals surface area (Å²) in [7, 11) is 0. The van der Waals surface area contributed by atoms with Crippen molar-refractivity contribution < 1.29 is 48.0 Å². The monoisotopic (exact) mass is 630 g/mol. The second kappa shape index (κ2) is 9.15. The van der Waals surface area contributed by atoms with Gasteiger partial charge in [-0.25, -0.2) is 0 Å². The minimum Gasteiger partial charge on any atom is -1.00 e. The molecule has 40 heavy (non-hydrogen) atoms. The van der Waals surface area contributed by atoms with E-state index in [0.29, 0.717) is 7.25 Å². The van der Waals surface area contributed by atoms with Crippen LogP contribution in [0.15, 0.2) is 132 Å². The van der Waals surface area contributed by atoms with Crippen molar-refractivity contribution >= 4 is 32.7 Å². The van der Waals surface area contributed by atoms with E-state index >= 15 is 0 Å². The Morgan fingerprint density at radius 3 is 1.45 bits per heavy atom. The molecule has 9 rings (SSSR count). The number of allylic oxidation sites excluding steroid dienone is 12. The van der Waals surface area contributed by atoms with Gasteiger partial charge in [0.2, 0.25) is 0 Å². The van der Waals surface area contributed by atoms with Crippen LogP contribution in [0.25, 0.3) is 32.7 Å². The van der Waals surface area contributed by atoms with Gasteiger partial charge in [0.25, 0.3) is 0 Å². The van der Waals surface area contributed by atoms with Gasteiger partial charge in [0.1, 0.15) is 0 Å². The molecule has 2 unspecified atom stereocenters. The molecule has 1 heterocycles. The number of hydrogen-bond acceptors (Lipinski definition) is 0. The summed E-state index contributed by atoms with van der Waals surface area (Å²) in [5, 5.41) is 5.51. The third-order valence-corrected chi connectivity index (χ3v) is 13.6. The minimum atomic E-state index is -0.981. The molecule has 0 amide bonds. The second-order valence-corrected chi connectivity index (χ2v) is 15.6. The fraction of sp³-hybridized carbons (Fsp3) is 0.135. The Hall–Kier alpha value is -2.70. The van der Waals surface area contributed by atoms with Gasteiger partial charge in [-0.05, 0) is 0 Å². The molecular formula is C37H26Cl2Zr. The number of halogens is 2. The number of rotatable bonds is 0. The van der Waals surface area contributed by atoms with Crippen molar-refractivity contribution in [2.24, 2.45) is 5.41 Å². The van der Waals surface area contributed by atoms with Gasteiger partial charge in [0.05, 0.1) is 0 Å². The van der Waals surface area contributed by atoms with Gasteiger partial charge < -0.3 is 24.8 Å². The molecule has 0 radical (unpaired) electrons. The summed E-state index contributed by atoms with van der Waals surface area (Å²) in [6, 6.07) is 27.6. The first-order valence-electron chi connectivity index (χ1n) is 13.7. The maximum absolute atomic E-state index is 2.69. The predicted octanol–water partition coefficient (Wildman–Crippen LogP) is 3.43. The van der Waals surface area contributed by atoms with Gasteiger partial charge in [-0.1, -0.05) is 0 Å². The van der Waals surface area contributed by atoms with Crippen LogP contribution in [0.5, 0.6) is 0 Å². The maximum Gasteiger partial charge on any atom is -1.00 e. The molecular weight excluding hydrogens is 607 g/mol. The van der Waals surface area contributed by atoms with E-state index in [0.717, 1.165) is 0 Å². The van der Waals surface area contributed by atoms with E-state index in [1.54, 1.807) is 11.1 Å². The molecule has 2 atom stereocenters. The third-order valence-electron chi connectivity index (χ3n) is 9.50. The molecule has 5 aliphatic rings. The van der Waals surface area contributed by atoms with E-state index in [2.05, 4.69) is 123 Å². The van der Waals surface area contributed by atoms with Crippen molar-refractivity contribution in [1.29, 1.82) is 0 Å². The molecule has 3 heteroatoms. The number of fused-ring (bicyclic) bond motifs is 12. The quantitative estimate of drug-likeness (QED) is 0.279. The Labute approximate surface area is 259 Å².